The molecule has 12 heteroatoms. The number of nitrogens with zero attached hydrogens (tertiary/aromatic N) is 1. The van der Waals surface area contributed by atoms with E-state index < -0.39 is 44.8 Å². The highest BCUT2D eigenvalue weighted by atomic mass is 32.2. The van der Waals surface area contributed by atoms with E-state index in [0.29, 0.717) is 13.0 Å². The third kappa shape index (κ3) is 6.77. The fraction of sp³-hybridized carbons (Fsp3) is 0.375. The summed E-state index contributed by atoms with van der Waals surface area (Å²) in [6, 6.07) is 14.1. The number of nitrogens with one attached hydrogen (secondary N) is 3. The van der Waals surface area contributed by atoms with Crippen LogP contribution in [0.3, 0.4) is 0 Å². The van der Waals surface area contributed by atoms with E-state index in [1.165, 1.54) is 23.9 Å². The Morgan fingerprint density at radius 3 is 2.28 bits per heavy atom. The van der Waals surface area contributed by atoms with E-state index in [-0.39, 0.29) is 17.3 Å². The number of benzene rings is 2. The van der Waals surface area contributed by atoms with Crippen LogP contribution in [0.25, 0.3) is 0 Å². The molecule has 0 bridgehead atoms. The van der Waals surface area contributed by atoms with Crippen molar-refractivity contribution in [3.8, 4) is 0 Å². The smallest absolute Gasteiger partial charge is 0.328 e. The second-order valence-corrected chi connectivity index (χ2v) is 12.2. The average molecular weight is 535 g/mol. The van der Waals surface area contributed by atoms with Gasteiger partial charge in [0.25, 0.3) is 0 Å². The fourth-order valence-corrected chi connectivity index (χ4v) is 6.98. The summed E-state index contributed by atoms with van der Waals surface area (Å²) in [6.07, 6.45) is 0.605. The lowest BCUT2D eigenvalue weighted by Gasteiger charge is -2.30. The predicted octanol–water partition coefficient (Wildman–Crippen LogP) is 1.64. The van der Waals surface area contributed by atoms with Crippen molar-refractivity contribution in [2.24, 2.45) is 0 Å². The number of amides is 3. The monoisotopic (exact) mass is 534 g/mol. The number of carboxylic acid groups (broad SMARTS) is 1. The number of aliphatic carboxylic acids is 1. The van der Waals surface area contributed by atoms with Crippen LogP contribution in [-0.4, -0.2) is 71.5 Å². The second kappa shape index (κ2) is 11.8. The van der Waals surface area contributed by atoms with E-state index in [2.05, 4.69) is 16.0 Å². The molecule has 0 radical (unpaired) electrons. The fourth-order valence-electron chi connectivity index (χ4n) is 3.79. The molecule has 194 valence electrons. The SMILES string of the molecule is CC1(C)SCN(S(=O)(=O)c2ccccc2)C1C(=O)NC(CNC(=O)NCCc1ccccc1)C(=O)O. The number of urea groups is 1. The quantitative estimate of drug-likeness (QED) is 0.363. The van der Waals surface area contributed by atoms with Gasteiger partial charge in [-0.1, -0.05) is 48.5 Å². The molecule has 3 amide bonds. The first kappa shape index (κ1) is 27.5. The first-order chi connectivity index (χ1) is 17.0. The molecule has 1 saturated heterocycles. The van der Waals surface area contributed by atoms with Crippen molar-refractivity contribution in [3.63, 3.8) is 0 Å². The summed E-state index contributed by atoms with van der Waals surface area (Å²) in [5.41, 5.74) is 1.04. The van der Waals surface area contributed by atoms with Crippen LogP contribution in [0, 0.1) is 0 Å². The van der Waals surface area contributed by atoms with Crippen LogP contribution in [0.2, 0.25) is 0 Å². The van der Waals surface area contributed by atoms with Gasteiger partial charge in [-0.25, -0.2) is 18.0 Å². The van der Waals surface area contributed by atoms with Crippen molar-refractivity contribution in [2.45, 2.75) is 42.0 Å². The van der Waals surface area contributed by atoms with Gasteiger partial charge in [-0.15, -0.1) is 11.8 Å². The number of hydrogen-bond acceptors (Lipinski definition) is 6. The van der Waals surface area contributed by atoms with Gasteiger partial charge in [0.15, 0.2) is 0 Å². The molecule has 0 saturated carbocycles. The highest BCUT2D eigenvalue weighted by Crippen LogP contribution is 2.42. The van der Waals surface area contributed by atoms with Crippen LogP contribution in [0.5, 0.6) is 0 Å². The van der Waals surface area contributed by atoms with Crippen molar-refractivity contribution < 1.29 is 27.9 Å². The highest BCUT2D eigenvalue weighted by molar-refractivity contribution is 8.02. The molecule has 1 fully saturated rings. The van der Waals surface area contributed by atoms with E-state index in [4.69, 9.17) is 0 Å². The van der Waals surface area contributed by atoms with Crippen molar-refractivity contribution in [3.05, 3.63) is 66.2 Å². The third-order valence-electron chi connectivity index (χ3n) is 5.73. The summed E-state index contributed by atoms with van der Waals surface area (Å²) >= 11 is 1.29. The second-order valence-electron chi connectivity index (χ2n) is 8.76. The molecule has 0 aromatic heterocycles. The van der Waals surface area contributed by atoms with Crippen molar-refractivity contribution in [1.29, 1.82) is 0 Å². The van der Waals surface area contributed by atoms with E-state index in [1.807, 2.05) is 30.3 Å². The number of carbonyl (C=O) groups is 3. The number of carbonyl (C=O) groups excluding carboxylic acids is 2. The molecule has 1 heterocycles. The maximum atomic E-state index is 13.2. The summed E-state index contributed by atoms with van der Waals surface area (Å²) < 4.78 is 26.7. The first-order valence-corrected chi connectivity index (χ1v) is 13.7. The third-order valence-corrected chi connectivity index (χ3v) is 9.10. The van der Waals surface area contributed by atoms with Crippen molar-refractivity contribution >= 4 is 39.7 Å². The molecule has 1 aliphatic heterocycles. The van der Waals surface area contributed by atoms with Gasteiger partial charge in [0, 0.05) is 11.3 Å². The van der Waals surface area contributed by atoms with Gasteiger partial charge in [0.05, 0.1) is 17.3 Å². The molecular formula is C24H30N4O6S2. The largest absolute Gasteiger partial charge is 0.480 e. The van der Waals surface area contributed by atoms with E-state index in [0.717, 1.165) is 9.87 Å². The van der Waals surface area contributed by atoms with Crippen LogP contribution in [-0.2, 0) is 26.0 Å². The molecule has 2 aromatic carbocycles. The predicted molar refractivity (Wildman–Crippen MR) is 137 cm³/mol. The zero-order valence-corrected chi connectivity index (χ0v) is 21.6. The van der Waals surface area contributed by atoms with Gasteiger partial charge < -0.3 is 21.1 Å². The zero-order chi connectivity index (χ0) is 26.3. The molecular weight excluding hydrogens is 504 g/mol. The Morgan fingerprint density at radius 2 is 1.67 bits per heavy atom. The Balaban J connectivity index is 1.62. The minimum Gasteiger partial charge on any atom is -0.480 e. The molecule has 2 atom stereocenters. The normalized spacial score (nSPS) is 18.2. The number of rotatable bonds is 10. The van der Waals surface area contributed by atoms with Crippen LogP contribution < -0.4 is 16.0 Å². The van der Waals surface area contributed by atoms with Crippen LogP contribution in [0.4, 0.5) is 4.79 Å². The van der Waals surface area contributed by atoms with E-state index in [9.17, 15) is 27.9 Å². The molecule has 36 heavy (non-hydrogen) atoms. The lowest BCUT2D eigenvalue weighted by molar-refractivity contribution is -0.142. The van der Waals surface area contributed by atoms with Crippen molar-refractivity contribution in [2.75, 3.05) is 19.0 Å². The molecule has 2 aromatic rings. The summed E-state index contributed by atoms with van der Waals surface area (Å²) in [4.78, 5) is 37.2. The number of hydrogen-bond donors (Lipinski definition) is 4. The molecule has 3 rings (SSSR count). The molecule has 1 aliphatic rings. The molecule has 0 aliphatic carbocycles. The summed E-state index contributed by atoms with van der Waals surface area (Å²) in [7, 11) is -3.99. The summed E-state index contributed by atoms with van der Waals surface area (Å²) in [6.45, 7) is 3.44. The number of sulfonamides is 1. The minimum atomic E-state index is -3.99. The van der Waals surface area contributed by atoms with Gasteiger partial charge in [0.1, 0.15) is 12.1 Å². The Hall–Kier alpha value is -3.09. The molecule has 0 spiro atoms. The molecule has 2 unspecified atom stereocenters. The van der Waals surface area contributed by atoms with Crippen LogP contribution >= 0.6 is 11.8 Å². The van der Waals surface area contributed by atoms with Gasteiger partial charge >= 0.3 is 12.0 Å². The maximum absolute atomic E-state index is 13.2. The topological polar surface area (TPSA) is 145 Å². The Kier molecular flexibility index (Phi) is 8.98. The van der Waals surface area contributed by atoms with E-state index in [1.54, 1.807) is 32.0 Å². The minimum absolute atomic E-state index is 0.0438. The van der Waals surface area contributed by atoms with Crippen LogP contribution in [0.15, 0.2) is 65.6 Å². The number of carboxylic acids is 1. The first-order valence-electron chi connectivity index (χ1n) is 11.3. The lowest BCUT2D eigenvalue weighted by atomic mass is 10.0. The van der Waals surface area contributed by atoms with Gasteiger partial charge in [-0.05, 0) is 38.0 Å². The molecule has 4 N–H and O–H groups in total. The van der Waals surface area contributed by atoms with Gasteiger partial charge in [-0.3, -0.25) is 4.79 Å². The van der Waals surface area contributed by atoms with Gasteiger partial charge in [-0.2, -0.15) is 4.31 Å². The molecule has 10 nitrogen and oxygen atoms in total. The highest BCUT2D eigenvalue weighted by Gasteiger charge is 2.51. The Bertz CT molecular complexity index is 1180. The zero-order valence-electron chi connectivity index (χ0n) is 20.0. The Morgan fingerprint density at radius 1 is 1.06 bits per heavy atom. The number of thioether (sulfide) groups is 1. The summed E-state index contributed by atoms with van der Waals surface area (Å²) in [5.74, 6) is -2.06. The lowest BCUT2D eigenvalue weighted by Crippen LogP contribution is -2.58. The van der Waals surface area contributed by atoms with E-state index >= 15 is 0 Å². The summed E-state index contributed by atoms with van der Waals surface area (Å²) in [5, 5.41) is 17.1. The average Bonchev–Trinajstić information content (AvgIpc) is 3.18. The Labute approximate surface area is 214 Å². The maximum Gasteiger partial charge on any atom is 0.328 e. The van der Waals surface area contributed by atoms with Crippen LogP contribution in [0.1, 0.15) is 19.4 Å². The van der Waals surface area contributed by atoms with Crippen molar-refractivity contribution in [1.82, 2.24) is 20.3 Å². The standard InChI is InChI=1S/C24H30N4O6S2/c1-24(2)20(28(16-35-24)36(33,34)18-11-7-4-8-12-18)21(29)27-19(22(30)31)15-26-23(32)25-14-13-17-9-5-3-6-10-17/h3-12,19-20H,13-16H2,1-2H3,(H,27,29)(H,30,31)(H2,25,26,32). The van der Waals surface area contributed by atoms with Gasteiger partial charge in [0.2, 0.25) is 15.9 Å².